The monoisotopic (exact) mass is 297 g/mol. The molecule has 1 heterocycles. The molecule has 1 saturated carbocycles. The second-order valence-electron chi connectivity index (χ2n) is 6.10. The van der Waals surface area contributed by atoms with Gasteiger partial charge in [0.1, 0.15) is 6.10 Å². The molecule has 0 aromatic heterocycles. The highest BCUT2D eigenvalue weighted by molar-refractivity contribution is 4.88. The SMILES string of the molecule is O[C@H]1[C@H](O)CN(C[C@H]2CC[C@H](C(F)(F)F)CC2)C[C@@H]1O. The van der Waals surface area contributed by atoms with E-state index in [1.54, 1.807) is 0 Å². The molecule has 3 N–H and O–H groups in total. The van der Waals surface area contributed by atoms with Gasteiger partial charge in [-0.25, -0.2) is 0 Å². The summed E-state index contributed by atoms with van der Waals surface area (Å²) in [7, 11) is 0. The fourth-order valence-corrected chi connectivity index (χ4v) is 3.26. The predicted molar refractivity (Wildman–Crippen MR) is 66.0 cm³/mol. The van der Waals surface area contributed by atoms with Gasteiger partial charge in [-0.1, -0.05) is 0 Å². The van der Waals surface area contributed by atoms with Crippen molar-refractivity contribution in [2.75, 3.05) is 19.6 Å². The topological polar surface area (TPSA) is 63.9 Å². The number of nitrogens with zero attached hydrogens (tertiary/aromatic N) is 1. The van der Waals surface area contributed by atoms with E-state index < -0.39 is 30.4 Å². The lowest BCUT2D eigenvalue weighted by molar-refractivity contribution is -0.184. The van der Waals surface area contributed by atoms with Gasteiger partial charge in [-0.15, -0.1) is 0 Å². The van der Waals surface area contributed by atoms with Crippen LogP contribution in [0.1, 0.15) is 25.7 Å². The largest absolute Gasteiger partial charge is 0.391 e. The molecule has 1 aliphatic heterocycles. The van der Waals surface area contributed by atoms with Crippen molar-refractivity contribution in [1.82, 2.24) is 4.90 Å². The minimum absolute atomic E-state index is 0.162. The van der Waals surface area contributed by atoms with Crippen LogP contribution < -0.4 is 0 Å². The summed E-state index contributed by atoms with van der Waals surface area (Å²) in [6.07, 6.45) is -5.84. The molecular weight excluding hydrogens is 275 g/mol. The van der Waals surface area contributed by atoms with Crippen molar-refractivity contribution >= 4 is 0 Å². The lowest BCUT2D eigenvalue weighted by atomic mass is 9.81. The molecule has 118 valence electrons. The number of hydrogen-bond acceptors (Lipinski definition) is 4. The summed E-state index contributed by atoms with van der Waals surface area (Å²) in [5.74, 6) is -1.01. The van der Waals surface area contributed by atoms with Crippen molar-refractivity contribution in [2.24, 2.45) is 11.8 Å². The Labute approximate surface area is 116 Å². The molecule has 7 heteroatoms. The zero-order chi connectivity index (χ0) is 14.9. The van der Waals surface area contributed by atoms with E-state index >= 15 is 0 Å². The zero-order valence-electron chi connectivity index (χ0n) is 11.3. The van der Waals surface area contributed by atoms with Crippen molar-refractivity contribution in [3.05, 3.63) is 0 Å². The number of hydrogen-bond donors (Lipinski definition) is 3. The van der Waals surface area contributed by atoms with Crippen LogP contribution in [-0.2, 0) is 0 Å². The second kappa shape index (κ2) is 6.17. The highest BCUT2D eigenvalue weighted by atomic mass is 19.4. The molecule has 0 spiro atoms. The van der Waals surface area contributed by atoms with Gasteiger partial charge < -0.3 is 15.3 Å². The van der Waals surface area contributed by atoms with Crippen LogP contribution in [0, 0.1) is 11.8 Å². The number of alkyl halides is 3. The van der Waals surface area contributed by atoms with Crippen LogP contribution in [-0.4, -0.2) is 64.3 Å². The van der Waals surface area contributed by atoms with E-state index in [9.17, 15) is 28.5 Å². The highest BCUT2D eigenvalue weighted by Gasteiger charge is 2.42. The maximum Gasteiger partial charge on any atom is 0.391 e. The number of rotatable bonds is 2. The second-order valence-corrected chi connectivity index (χ2v) is 6.10. The van der Waals surface area contributed by atoms with Crippen molar-refractivity contribution in [3.63, 3.8) is 0 Å². The zero-order valence-corrected chi connectivity index (χ0v) is 11.3. The Morgan fingerprint density at radius 1 is 0.900 bits per heavy atom. The van der Waals surface area contributed by atoms with E-state index in [1.807, 2.05) is 4.90 Å². The molecule has 0 aromatic rings. The Balaban J connectivity index is 1.78. The number of β-amino-alcohol motifs (C(OH)–C–C–N with tert-alkyl or cyclic N) is 2. The van der Waals surface area contributed by atoms with Gasteiger partial charge >= 0.3 is 6.18 Å². The van der Waals surface area contributed by atoms with Crippen LogP contribution in [0.15, 0.2) is 0 Å². The molecular formula is C13H22F3NO3. The first-order valence-corrected chi connectivity index (χ1v) is 7.10. The van der Waals surface area contributed by atoms with E-state index in [-0.39, 0.29) is 31.8 Å². The molecule has 0 aromatic carbocycles. The molecule has 2 aliphatic rings. The molecule has 2 rings (SSSR count). The van der Waals surface area contributed by atoms with Gasteiger partial charge in [-0.3, -0.25) is 4.90 Å². The molecule has 2 fully saturated rings. The molecule has 1 saturated heterocycles. The third-order valence-electron chi connectivity index (χ3n) is 4.51. The maximum absolute atomic E-state index is 12.6. The Kier molecular flexibility index (Phi) is 4.94. The molecule has 0 amide bonds. The average Bonchev–Trinajstić information content (AvgIpc) is 2.35. The number of piperidine rings is 1. The summed E-state index contributed by atoms with van der Waals surface area (Å²) in [6, 6.07) is 0. The van der Waals surface area contributed by atoms with Gasteiger partial charge in [0.05, 0.1) is 18.1 Å². The average molecular weight is 297 g/mol. The summed E-state index contributed by atoms with van der Waals surface area (Å²) < 4.78 is 37.7. The lowest BCUT2D eigenvalue weighted by Gasteiger charge is -2.39. The van der Waals surface area contributed by atoms with Crippen molar-refractivity contribution in [2.45, 2.75) is 50.2 Å². The fraction of sp³-hybridized carbons (Fsp3) is 1.00. The minimum atomic E-state index is -4.09. The van der Waals surface area contributed by atoms with Gasteiger partial charge in [0, 0.05) is 19.6 Å². The normalized spacial score (nSPS) is 40.8. The van der Waals surface area contributed by atoms with Crippen LogP contribution in [0.2, 0.25) is 0 Å². The summed E-state index contributed by atoms with van der Waals surface area (Å²) >= 11 is 0. The van der Waals surface area contributed by atoms with Crippen LogP contribution in [0.4, 0.5) is 13.2 Å². The molecule has 1 aliphatic carbocycles. The maximum atomic E-state index is 12.6. The Bertz CT molecular complexity index is 306. The minimum Gasteiger partial charge on any atom is -0.389 e. The fourth-order valence-electron chi connectivity index (χ4n) is 3.26. The summed E-state index contributed by atoms with van der Waals surface area (Å²) in [6.45, 7) is 1.10. The first-order valence-electron chi connectivity index (χ1n) is 7.10. The van der Waals surface area contributed by atoms with Crippen molar-refractivity contribution in [1.29, 1.82) is 0 Å². The molecule has 0 unspecified atom stereocenters. The molecule has 3 atom stereocenters. The van der Waals surface area contributed by atoms with Gasteiger partial charge in [0.2, 0.25) is 0 Å². The van der Waals surface area contributed by atoms with E-state index in [1.165, 1.54) is 0 Å². The number of halogens is 3. The van der Waals surface area contributed by atoms with Gasteiger partial charge in [-0.05, 0) is 31.6 Å². The third kappa shape index (κ3) is 3.84. The molecule has 20 heavy (non-hydrogen) atoms. The number of aliphatic hydroxyl groups excluding tert-OH is 3. The van der Waals surface area contributed by atoms with Gasteiger partial charge in [0.25, 0.3) is 0 Å². The quantitative estimate of drug-likeness (QED) is 0.704. The summed E-state index contributed by atoms with van der Waals surface area (Å²) in [4.78, 5) is 1.83. The van der Waals surface area contributed by atoms with Crippen LogP contribution in [0.3, 0.4) is 0 Å². The van der Waals surface area contributed by atoms with E-state index in [4.69, 9.17) is 0 Å². The molecule has 4 nitrogen and oxygen atoms in total. The van der Waals surface area contributed by atoms with E-state index in [2.05, 4.69) is 0 Å². The van der Waals surface area contributed by atoms with E-state index in [0.717, 1.165) is 0 Å². The number of likely N-dealkylation sites (tertiary alicyclic amines) is 1. The standard InChI is InChI=1S/C13H22F3NO3/c14-13(15,16)9-3-1-8(2-4-9)5-17-6-10(18)12(20)11(19)7-17/h8-12,18-20H,1-7H2/t8-,9-,10-,11+,12+. The highest BCUT2D eigenvalue weighted by Crippen LogP contribution is 2.39. The lowest BCUT2D eigenvalue weighted by Crippen LogP contribution is -2.56. The van der Waals surface area contributed by atoms with Crippen LogP contribution in [0.25, 0.3) is 0 Å². The van der Waals surface area contributed by atoms with Gasteiger partial charge in [0.15, 0.2) is 0 Å². The van der Waals surface area contributed by atoms with Crippen LogP contribution in [0.5, 0.6) is 0 Å². The first-order chi connectivity index (χ1) is 9.27. The third-order valence-corrected chi connectivity index (χ3v) is 4.51. The number of aliphatic hydroxyl groups is 3. The Hall–Kier alpha value is -0.370. The van der Waals surface area contributed by atoms with Crippen molar-refractivity contribution in [3.8, 4) is 0 Å². The Morgan fingerprint density at radius 2 is 1.40 bits per heavy atom. The first kappa shape index (κ1) is 16.0. The van der Waals surface area contributed by atoms with Crippen LogP contribution >= 0.6 is 0 Å². The molecule has 0 radical (unpaired) electrons. The smallest absolute Gasteiger partial charge is 0.389 e. The van der Waals surface area contributed by atoms with Crippen molar-refractivity contribution < 1.29 is 28.5 Å². The molecule has 0 bridgehead atoms. The van der Waals surface area contributed by atoms with E-state index in [0.29, 0.717) is 19.4 Å². The Morgan fingerprint density at radius 3 is 1.85 bits per heavy atom. The summed E-state index contributed by atoms with van der Waals surface area (Å²) in [5.41, 5.74) is 0. The van der Waals surface area contributed by atoms with Gasteiger partial charge in [-0.2, -0.15) is 13.2 Å². The summed E-state index contributed by atoms with van der Waals surface area (Å²) in [5, 5.41) is 28.6. The predicted octanol–water partition coefficient (Wildman–Crippen LogP) is 0.753.